The topological polar surface area (TPSA) is 54.5 Å². The first-order chi connectivity index (χ1) is 24.2. The van der Waals surface area contributed by atoms with Gasteiger partial charge in [0.25, 0.3) is 0 Å². The van der Waals surface area contributed by atoms with Crippen LogP contribution in [-0.2, 0) is 0 Å². The first-order valence-corrected chi connectivity index (χ1v) is 16.4. The Morgan fingerprint density at radius 3 is 1.88 bits per heavy atom. The second kappa shape index (κ2) is 10.6. The number of nitrogens with zero attached hydrogens (tertiary/aromatic N) is 4. The summed E-state index contributed by atoms with van der Waals surface area (Å²) in [6.45, 7) is 0. The van der Waals surface area contributed by atoms with Gasteiger partial charge in [0.2, 0.25) is 0 Å². The van der Waals surface area contributed by atoms with Crippen molar-refractivity contribution < 1.29 is 0 Å². The molecule has 0 bridgehead atoms. The van der Waals surface area contributed by atoms with Gasteiger partial charge in [0.1, 0.15) is 0 Å². The van der Waals surface area contributed by atoms with E-state index in [1.807, 2.05) is 30.3 Å². The van der Waals surface area contributed by atoms with Gasteiger partial charge in [0.15, 0.2) is 0 Å². The minimum Gasteiger partial charge on any atom is -0.309 e. The van der Waals surface area contributed by atoms with E-state index in [2.05, 4.69) is 131 Å². The molecule has 3 aromatic heterocycles. The van der Waals surface area contributed by atoms with Crippen molar-refractivity contribution in [2.24, 2.45) is 0 Å². The molecule has 3 heterocycles. The summed E-state index contributed by atoms with van der Waals surface area (Å²) >= 11 is 0. The lowest BCUT2D eigenvalue weighted by Gasteiger charge is -2.17. The second-order valence-electron chi connectivity index (χ2n) is 12.5. The summed E-state index contributed by atoms with van der Waals surface area (Å²) in [5.74, 6) is 0. The van der Waals surface area contributed by atoms with E-state index in [0.717, 1.165) is 55.6 Å². The molecule has 0 saturated heterocycles. The predicted molar refractivity (Wildman–Crippen MR) is 201 cm³/mol. The monoisotopic (exact) mass is 622 g/mol. The molecule has 226 valence electrons. The molecular formula is C45H26N4. The molecule has 0 aliphatic heterocycles. The Kier molecular flexibility index (Phi) is 5.90. The molecule has 0 radical (unpaired) electrons. The van der Waals surface area contributed by atoms with Crippen molar-refractivity contribution in [3.8, 4) is 45.4 Å². The van der Waals surface area contributed by atoms with Gasteiger partial charge in [-0.1, -0.05) is 91.0 Å². The molecule has 4 heteroatoms. The van der Waals surface area contributed by atoms with Crippen LogP contribution in [0.4, 0.5) is 0 Å². The maximum Gasteiger partial charge on any atom is 0.0992 e. The number of hydrogen-bond acceptors (Lipinski definition) is 3. The van der Waals surface area contributed by atoms with Crippen molar-refractivity contribution in [1.82, 2.24) is 14.5 Å². The lowest BCUT2D eigenvalue weighted by Crippen LogP contribution is -1.94. The highest BCUT2D eigenvalue weighted by molar-refractivity contribution is 6.27. The summed E-state index contributed by atoms with van der Waals surface area (Å²) in [6, 6.07) is 53.7. The first kappa shape index (κ1) is 27.3. The number of hydrogen-bond donors (Lipinski definition) is 0. The van der Waals surface area contributed by atoms with Gasteiger partial charge in [0.05, 0.1) is 34.1 Å². The Labute approximate surface area is 282 Å². The van der Waals surface area contributed by atoms with E-state index in [-0.39, 0.29) is 0 Å². The van der Waals surface area contributed by atoms with E-state index in [9.17, 15) is 5.26 Å². The van der Waals surface area contributed by atoms with Crippen molar-refractivity contribution in [3.05, 3.63) is 164 Å². The standard InChI is InChI=1S/C45H26N4/c46-27-28-9-15-36-37-18-14-32(26-43(37)49(42(36)25-28)33-5-2-1-3-6-33)34-16-10-30-13-20-39-35(17-11-31-12-19-38(34)44(30)45(31)39)41-8-4-7-40(48-41)29-21-23-47-24-22-29/h1-26H. The zero-order valence-corrected chi connectivity index (χ0v) is 26.3. The first-order valence-electron chi connectivity index (χ1n) is 16.4. The lowest BCUT2D eigenvalue weighted by molar-refractivity contribution is 1.18. The Morgan fingerprint density at radius 2 is 1.12 bits per heavy atom. The molecule has 7 aromatic carbocycles. The fourth-order valence-corrected chi connectivity index (χ4v) is 7.66. The van der Waals surface area contributed by atoms with Crippen LogP contribution in [0.15, 0.2) is 158 Å². The quantitative estimate of drug-likeness (QED) is 0.184. The highest BCUT2D eigenvalue weighted by Crippen LogP contribution is 2.43. The van der Waals surface area contributed by atoms with E-state index in [1.165, 1.54) is 37.9 Å². The van der Waals surface area contributed by atoms with E-state index >= 15 is 0 Å². The van der Waals surface area contributed by atoms with Crippen molar-refractivity contribution in [3.63, 3.8) is 0 Å². The van der Waals surface area contributed by atoms with Crippen molar-refractivity contribution in [1.29, 1.82) is 5.26 Å². The third kappa shape index (κ3) is 4.16. The molecule has 0 aliphatic rings. The number of rotatable bonds is 4. The average Bonchev–Trinajstić information content (AvgIpc) is 3.50. The largest absolute Gasteiger partial charge is 0.309 e. The highest BCUT2D eigenvalue weighted by Gasteiger charge is 2.18. The van der Waals surface area contributed by atoms with Crippen LogP contribution in [0.25, 0.3) is 93.5 Å². The molecular weight excluding hydrogens is 597 g/mol. The van der Waals surface area contributed by atoms with Gasteiger partial charge in [-0.3, -0.25) is 4.98 Å². The average molecular weight is 623 g/mol. The van der Waals surface area contributed by atoms with Crippen LogP contribution in [0.3, 0.4) is 0 Å². The second-order valence-corrected chi connectivity index (χ2v) is 12.5. The van der Waals surface area contributed by atoms with Crippen molar-refractivity contribution in [2.45, 2.75) is 0 Å². The summed E-state index contributed by atoms with van der Waals surface area (Å²) < 4.78 is 2.28. The van der Waals surface area contributed by atoms with E-state index in [0.29, 0.717) is 5.56 Å². The van der Waals surface area contributed by atoms with Gasteiger partial charge in [-0.05, 0) is 98.0 Å². The molecule has 10 rings (SSSR count). The molecule has 49 heavy (non-hydrogen) atoms. The van der Waals surface area contributed by atoms with E-state index < -0.39 is 0 Å². The summed E-state index contributed by atoms with van der Waals surface area (Å²) in [6.07, 6.45) is 3.61. The number of aromatic nitrogens is 3. The molecule has 0 fully saturated rings. The molecule has 0 aliphatic carbocycles. The maximum absolute atomic E-state index is 9.72. The fraction of sp³-hybridized carbons (Fsp3) is 0. The molecule has 0 amide bonds. The zero-order chi connectivity index (χ0) is 32.5. The van der Waals surface area contributed by atoms with Gasteiger partial charge in [-0.15, -0.1) is 0 Å². The minimum atomic E-state index is 0.651. The SMILES string of the molecule is N#Cc1ccc2c3ccc(-c4ccc5ccc6c(-c7cccc(-c8ccncc8)n7)ccc7ccc4c5c76)cc3n(-c3ccccc3)c2c1. The van der Waals surface area contributed by atoms with Gasteiger partial charge >= 0.3 is 0 Å². The van der Waals surface area contributed by atoms with Gasteiger partial charge in [-0.25, -0.2) is 4.98 Å². The van der Waals surface area contributed by atoms with E-state index in [1.54, 1.807) is 12.4 Å². The van der Waals surface area contributed by atoms with Crippen LogP contribution in [0.5, 0.6) is 0 Å². The summed E-state index contributed by atoms with van der Waals surface area (Å²) in [5, 5.41) is 19.4. The maximum atomic E-state index is 9.72. The number of pyridine rings is 2. The Balaban J connectivity index is 1.20. The molecule has 4 nitrogen and oxygen atoms in total. The van der Waals surface area contributed by atoms with Crippen LogP contribution in [0.2, 0.25) is 0 Å². The number of fused-ring (bicyclic) bond motifs is 3. The Morgan fingerprint density at radius 1 is 0.490 bits per heavy atom. The van der Waals surface area contributed by atoms with Gasteiger partial charge in [-0.2, -0.15) is 5.26 Å². The van der Waals surface area contributed by atoms with Crippen LogP contribution < -0.4 is 0 Å². The molecule has 0 spiro atoms. The van der Waals surface area contributed by atoms with Crippen LogP contribution in [0, 0.1) is 11.3 Å². The number of para-hydroxylation sites is 1. The molecule has 10 aromatic rings. The number of nitriles is 1. The third-order valence-corrected chi connectivity index (χ3v) is 9.89. The predicted octanol–water partition coefficient (Wildman–Crippen LogP) is 11.3. The summed E-state index contributed by atoms with van der Waals surface area (Å²) in [5.41, 5.74) is 10.3. The molecule has 0 saturated carbocycles. The van der Waals surface area contributed by atoms with Crippen LogP contribution in [0.1, 0.15) is 5.56 Å². The van der Waals surface area contributed by atoms with Gasteiger partial charge < -0.3 is 4.57 Å². The fourth-order valence-electron chi connectivity index (χ4n) is 7.66. The van der Waals surface area contributed by atoms with E-state index in [4.69, 9.17) is 4.98 Å². The van der Waals surface area contributed by atoms with Crippen molar-refractivity contribution >= 4 is 54.1 Å². The van der Waals surface area contributed by atoms with Crippen LogP contribution >= 0.6 is 0 Å². The third-order valence-electron chi connectivity index (χ3n) is 9.89. The normalized spacial score (nSPS) is 11.7. The van der Waals surface area contributed by atoms with Crippen LogP contribution in [-0.4, -0.2) is 14.5 Å². The minimum absolute atomic E-state index is 0.651. The smallest absolute Gasteiger partial charge is 0.0992 e. The Hall–Kier alpha value is -6.83. The molecule has 0 unspecified atom stereocenters. The Bertz CT molecular complexity index is 2930. The molecule has 0 atom stereocenters. The highest BCUT2D eigenvalue weighted by atomic mass is 15.0. The summed E-state index contributed by atoms with van der Waals surface area (Å²) in [4.78, 5) is 9.28. The lowest BCUT2D eigenvalue weighted by atomic mass is 9.88. The molecule has 0 N–H and O–H groups in total. The van der Waals surface area contributed by atoms with Crippen molar-refractivity contribution in [2.75, 3.05) is 0 Å². The van der Waals surface area contributed by atoms with Gasteiger partial charge in [0, 0.05) is 40.0 Å². The zero-order valence-electron chi connectivity index (χ0n) is 26.3. The number of benzene rings is 7. The summed E-state index contributed by atoms with van der Waals surface area (Å²) in [7, 11) is 0.